The van der Waals surface area contributed by atoms with Crippen molar-refractivity contribution in [1.29, 1.82) is 0 Å². The fourth-order valence-corrected chi connectivity index (χ4v) is 5.64. The van der Waals surface area contributed by atoms with Gasteiger partial charge in [-0.3, -0.25) is 14.9 Å². The van der Waals surface area contributed by atoms with Gasteiger partial charge in [-0.25, -0.2) is 9.80 Å². The first-order valence-electron chi connectivity index (χ1n) is 13.6. The van der Waals surface area contributed by atoms with Crippen molar-refractivity contribution >= 4 is 58.2 Å². The maximum Gasteiger partial charge on any atom is 0.338 e. The van der Waals surface area contributed by atoms with E-state index in [9.17, 15) is 19.7 Å². The number of benzene rings is 3. The van der Waals surface area contributed by atoms with Gasteiger partial charge in [0.1, 0.15) is 5.69 Å². The lowest BCUT2D eigenvalue weighted by atomic mass is 9.77. The van der Waals surface area contributed by atoms with Crippen LogP contribution in [0.3, 0.4) is 0 Å². The van der Waals surface area contributed by atoms with Gasteiger partial charge in [0, 0.05) is 28.6 Å². The molecule has 1 N–H and O–H groups in total. The fraction of sp³-hybridized carbons (Fsp3) is 0.258. The summed E-state index contributed by atoms with van der Waals surface area (Å²) in [5, 5.41) is 21.8. The van der Waals surface area contributed by atoms with Crippen LogP contribution in [0.15, 0.2) is 77.4 Å². The van der Waals surface area contributed by atoms with Crippen LogP contribution in [-0.2, 0) is 9.53 Å². The molecule has 0 radical (unpaired) electrons. The van der Waals surface area contributed by atoms with Gasteiger partial charge in [0.15, 0.2) is 6.61 Å². The van der Waals surface area contributed by atoms with Crippen molar-refractivity contribution in [1.82, 2.24) is 5.01 Å². The summed E-state index contributed by atoms with van der Waals surface area (Å²) < 4.78 is 5.34. The van der Waals surface area contributed by atoms with Crippen molar-refractivity contribution in [3.8, 4) is 0 Å². The molecule has 1 aliphatic carbocycles. The van der Waals surface area contributed by atoms with Crippen LogP contribution >= 0.6 is 23.2 Å². The molecule has 1 aliphatic heterocycles. The summed E-state index contributed by atoms with van der Waals surface area (Å²) in [5.41, 5.74) is 3.71. The van der Waals surface area contributed by atoms with Crippen LogP contribution in [0.4, 0.5) is 11.4 Å². The second kappa shape index (κ2) is 12.8. The van der Waals surface area contributed by atoms with Crippen molar-refractivity contribution in [3.63, 3.8) is 0 Å². The number of carbonyl (C=O) groups is 2. The first kappa shape index (κ1) is 29.3. The maximum atomic E-state index is 13.6. The summed E-state index contributed by atoms with van der Waals surface area (Å²) in [4.78, 5) is 37.3. The molecule has 2 atom stereocenters. The van der Waals surface area contributed by atoms with Crippen molar-refractivity contribution in [3.05, 3.63) is 109 Å². The van der Waals surface area contributed by atoms with Crippen LogP contribution in [-0.4, -0.2) is 40.7 Å². The van der Waals surface area contributed by atoms with E-state index in [1.165, 1.54) is 17.1 Å². The third-order valence-corrected chi connectivity index (χ3v) is 7.81. The predicted molar refractivity (Wildman–Crippen MR) is 163 cm³/mol. The molecule has 42 heavy (non-hydrogen) atoms. The fourth-order valence-electron chi connectivity index (χ4n) is 5.39. The Balaban J connectivity index is 1.40. The lowest BCUT2D eigenvalue weighted by Gasteiger charge is -2.29. The van der Waals surface area contributed by atoms with Gasteiger partial charge in [-0.2, -0.15) is 5.10 Å². The number of carbonyl (C=O) groups excluding carboxylic acids is 2. The van der Waals surface area contributed by atoms with E-state index in [0.717, 1.165) is 47.7 Å². The van der Waals surface area contributed by atoms with Crippen molar-refractivity contribution < 1.29 is 19.2 Å². The van der Waals surface area contributed by atoms with Gasteiger partial charge in [-0.15, -0.1) is 0 Å². The number of halogens is 2. The average Bonchev–Trinajstić information content (AvgIpc) is 3.38. The highest BCUT2D eigenvalue weighted by Crippen LogP contribution is 2.44. The Labute approximate surface area is 252 Å². The molecule has 1 saturated carbocycles. The summed E-state index contributed by atoms with van der Waals surface area (Å²) >= 11 is 12.2. The molecule has 2 unspecified atom stereocenters. The van der Waals surface area contributed by atoms with Gasteiger partial charge >= 0.3 is 5.97 Å². The molecule has 11 heteroatoms. The second-order valence-electron chi connectivity index (χ2n) is 10.0. The number of hydrazone groups is 1. The highest BCUT2D eigenvalue weighted by molar-refractivity contribution is 6.30. The Kier molecular flexibility index (Phi) is 8.89. The van der Waals surface area contributed by atoms with Crippen LogP contribution in [0.2, 0.25) is 10.0 Å². The van der Waals surface area contributed by atoms with Gasteiger partial charge in [0.25, 0.3) is 11.6 Å². The predicted octanol–water partition coefficient (Wildman–Crippen LogP) is 7.31. The number of hydrogen-bond acceptors (Lipinski definition) is 7. The van der Waals surface area contributed by atoms with Crippen molar-refractivity contribution in [2.75, 3.05) is 18.5 Å². The molecule has 3 aromatic rings. The molecule has 5 rings (SSSR count). The molecule has 1 amide bonds. The van der Waals surface area contributed by atoms with Crippen LogP contribution in [0.5, 0.6) is 0 Å². The zero-order valence-corrected chi connectivity index (χ0v) is 24.3. The summed E-state index contributed by atoms with van der Waals surface area (Å²) in [6.45, 7) is 1.71. The van der Waals surface area contributed by atoms with Gasteiger partial charge < -0.3 is 10.1 Å². The van der Waals surface area contributed by atoms with E-state index in [2.05, 4.69) is 11.4 Å². The zero-order chi connectivity index (χ0) is 29.8. The number of fused-ring (bicyclic) bond motifs is 1. The summed E-state index contributed by atoms with van der Waals surface area (Å²) in [6, 6.07) is 18.4. The molecule has 0 aromatic heterocycles. The van der Waals surface area contributed by atoms with Crippen LogP contribution in [0.1, 0.15) is 53.7 Å². The molecule has 3 aromatic carbocycles. The van der Waals surface area contributed by atoms with Gasteiger partial charge in [-0.1, -0.05) is 47.5 Å². The monoisotopic (exact) mass is 606 g/mol. The number of nitrogens with zero attached hydrogens (tertiary/aromatic N) is 3. The van der Waals surface area contributed by atoms with Gasteiger partial charge in [-0.05, 0) is 85.4 Å². The summed E-state index contributed by atoms with van der Waals surface area (Å²) in [7, 11) is 0. The minimum Gasteiger partial charge on any atom is -0.452 e. The van der Waals surface area contributed by atoms with E-state index in [-0.39, 0.29) is 17.2 Å². The van der Waals surface area contributed by atoms with E-state index < -0.39 is 29.4 Å². The number of amides is 1. The second-order valence-corrected chi connectivity index (χ2v) is 10.9. The molecule has 0 spiro atoms. The Bertz CT molecular complexity index is 1570. The number of rotatable bonds is 8. The minimum absolute atomic E-state index is 0.0278. The number of anilines is 1. The number of esters is 1. The molecule has 9 nitrogen and oxygen atoms in total. The number of allylic oxidation sites excluding steroid dienone is 1. The van der Waals surface area contributed by atoms with Crippen LogP contribution in [0, 0.1) is 16.0 Å². The number of nitro benzene ring substituents is 1. The lowest BCUT2D eigenvalue weighted by molar-refractivity contribution is -0.384. The highest BCUT2D eigenvalue weighted by Gasteiger charge is 2.44. The first-order chi connectivity index (χ1) is 20.2. The van der Waals surface area contributed by atoms with E-state index in [1.54, 1.807) is 12.1 Å². The van der Waals surface area contributed by atoms with Gasteiger partial charge in [0.05, 0.1) is 22.2 Å². The number of hydrogen-bond donors (Lipinski definition) is 1. The molecule has 1 heterocycles. The highest BCUT2D eigenvalue weighted by atomic mass is 35.5. The topological polar surface area (TPSA) is 114 Å². The molecular weight excluding hydrogens is 579 g/mol. The molecular formula is C31H28Cl2N4O5. The van der Waals surface area contributed by atoms with Crippen LogP contribution < -0.4 is 5.32 Å². The number of nitrogens with one attached hydrogen (secondary N) is 1. The quantitative estimate of drug-likeness (QED) is 0.163. The normalized spacial score (nSPS) is 18.8. The lowest BCUT2D eigenvalue weighted by Crippen LogP contribution is -2.34. The molecule has 2 aliphatic rings. The smallest absolute Gasteiger partial charge is 0.338 e. The van der Waals surface area contributed by atoms with E-state index in [4.69, 9.17) is 33.0 Å². The molecule has 216 valence electrons. The SMILES string of the molecule is CCNc1ccc(C(=O)OCC(=O)N2N=C3C(=Cc4ccc(Cl)cc4)CCCC3C2c2ccc(Cl)cc2)cc1[N+](=O)[O-]. The zero-order valence-electron chi connectivity index (χ0n) is 22.8. The Morgan fingerprint density at radius 3 is 2.45 bits per heavy atom. The first-order valence-corrected chi connectivity index (χ1v) is 14.3. The summed E-state index contributed by atoms with van der Waals surface area (Å²) in [6.07, 6.45) is 4.63. The maximum absolute atomic E-state index is 13.6. The van der Waals surface area contributed by atoms with Crippen LogP contribution in [0.25, 0.3) is 6.08 Å². The minimum atomic E-state index is -0.842. The van der Waals surface area contributed by atoms with Crippen molar-refractivity contribution in [2.45, 2.75) is 32.2 Å². The number of nitro groups is 1. The van der Waals surface area contributed by atoms with E-state index in [0.29, 0.717) is 22.3 Å². The van der Waals surface area contributed by atoms with Gasteiger partial charge in [0.2, 0.25) is 0 Å². The average molecular weight is 607 g/mol. The molecule has 1 fully saturated rings. The molecule has 0 bridgehead atoms. The van der Waals surface area contributed by atoms with E-state index in [1.807, 2.05) is 43.3 Å². The third kappa shape index (κ3) is 6.32. The molecule has 0 saturated heterocycles. The Hall–Kier alpha value is -4.21. The number of ether oxygens (including phenoxy) is 1. The standard InChI is InChI=1S/C31H28Cl2N4O5/c1-2-34-26-15-10-22(17-27(26)37(40)41)31(39)42-18-28(38)36-30(20-8-13-24(33)14-9-20)25-5-3-4-21(29(25)35-36)16-19-6-11-23(32)12-7-19/h6-17,25,30,34H,2-5,18H2,1H3. The Morgan fingerprint density at radius 1 is 1.10 bits per heavy atom. The Morgan fingerprint density at radius 2 is 1.79 bits per heavy atom. The summed E-state index contributed by atoms with van der Waals surface area (Å²) in [5.74, 6) is -1.40. The largest absolute Gasteiger partial charge is 0.452 e. The third-order valence-electron chi connectivity index (χ3n) is 7.30. The van der Waals surface area contributed by atoms with E-state index >= 15 is 0 Å². The van der Waals surface area contributed by atoms with Crippen molar-refractivity contribution in [2.24, 2.45) is 11.0 Å².